The van der Waals surface area contributed by atoms with E-state index in [2.05, 4.69) is 28.2 Å². The molecule has 0 amide bonds. The van der Waals surface area contributed by atoms with Gasteiger partial charge in [-0.05, 0) is 42.8 Å². The summed E-state index contributed by atoms with van der Waals surface area (Å²) in [5, 5.41) is 4.20. The minimum Gasteiger partial charge on any atom is -0.493 e. The molecule has 0 aliphatic rings. The van der Waals surface area contributed by atoms with E-state index in [9.17, 15) is 0 Å². The summed E-state index contributed by atoms with van der Waals surface area (Å²) < 4.78 is 12.6. The maximum Gasteiger partial charge on any atom is 0.167 e. The van der Waals surface area contributed by atoms with E-state index >= 15 is 0 Å². The van der Waals surface area contributed by atoms with Crippen molar-refractivity contribution in [3.05, 3.63) is 57.0 Å². The number of hydrogen-bond donors (Lipinski definition) is 1. The quantitative estimate of drug-likeness (QED) is 0.475. The van der Waals surface area contributed by atoms with Gasteiger partial charge in [0.1, 0.15) is 6.61 Å². The standard InChI is InChI=1S/C20H25BrClNO2/c1-3-4-5-11-23-13-17-18(21)9-10-19(24-2)20(17)25-14-15-7-6-8-16(22)12-15/h6-10,12,23H,3-5,11,13-14H2,1-2H3. The molecule has 136 valence electrons. The van der Waals surface area contributed by atoms with Gasteiger partial charge in [0.2, 0.25) is 0 Å². The molecule has 1 N–H and O–H groups in total. The normalized spacial score (nSPS) is 10.7. The van der Waals surface area contributed by atoms with E-state index in [1.54, 1.807) is 7.11 Å². The Morgan fingerprint density at radius 3 is 2.72 bits per heavy atom. The van der Waals surface area contributed by atoms with Gasteiger partial charge in [-0.1, -0.05) is 59.4 Å². The van der Waals surface area contributed by atoms with Crippen LogP contribution in [-0.4, -0.2) is 13.7 Å². The van der Waals surface area contributed by atoms with Crippen LogP contribution < -0.4 is 14.8 Å². The fourth-order valence-corrected chi connectivity index (χ4v) is 3.23. The van der Waals surface area contributed by atoms with Gasteiger partial charge in [-0.2, -0.15) is 0 Å². The topological polar surface area (TPSA) is 30.5 Å². The number of methoxy groups -OCH3 is 1. The molecule has 0 radical (unpaired) electrons. The maximum absolute atomic E-state index is 6.11. The van der Waals surface area contributed by atoms with E-state index in [0.29, 0.717) is 11.6 Å². The molecule has 0 saturated heterocycles. The molecule has 0 aromatic heterocycles. The molecule has 2 aromatic rings. The lowest BCUT2D eigenvalue weighted by molar-refractivity contribution is 0.280. The zero-order valence-corrected chi connectivity index (χ0v) is 17.1. The molecule has 0 saturated carbocycles. The van der Waals surface area contributed by atoms with Gasteiger partial charge in [0.25, 0.3) is 0 Å². The van der Waals surface area contributed by atoms with Gasteiger partial charge >= 0.3 is 0 Å². The van der Waals surface area contributed by atoms with Crippen LogP contribution in [0.15, 0.2) is 40.9 Å². The van der Waals surface area contributed by atoms with Gasteiger partial charge in [-0.25, -0.2) is 0 Å². The Labute approximate surface area is 163 Å². The van der Waals surface area contributed by atoms with Crippen LogP contribution in [0, 0.1) is 0 Å². The first-order valence-electron chi connectivity index (χ1n) is 8.59. The van der Waals surface area contributed by atoms with Crippen LogP contribution in [0.25, 0.3) is 0 Å². The summed E-state index contributed by atoms with van der Waals surface area (Å²) >= 11 is 9.69. The Balaban J connectivity index is 2.11. The van der Waals surface area contributed by atoms with Crippen LogP contribution in [0.4, 0.5) is 0 Å². The molecule has 5 heteroatoms. The van der Waals surface area contributed by atoms with Gasteiger partial charge in [0.05, 0.1) is 7.11 Å². The van der Waals surface area contributed by atoms with Crippen molar-refractivity contribution >= 4 is 27.5 Å². The summed E-state index contributed by atoms with van der Waals surface area (Å²) in [6.45, 7) is 4.37. The molecule has 0 bridgehead atoms. The Hall–Kier alpha value is -1.23. The van der Waals surface area contributed by atoms with Crippen LogP contribution in [-0.2, 0) is 13.2 Å². The fraction of sp³-hybridized carbons (Fsp3) is 0.400. The molecular formula is C20H25BrClNO2. The Bertz CT molecular complexity index is 679. The van der Waals surface area contributed by atoms with Crippen molar-refractivity contribution in [1.29, 1.82) is 0 Å². The number of unbranched alkanes of at least 4 members (excludes halogenated alkanes) is 2. The minimum atomic E-state index is 0.441. The third-order valence-electron chi connectivity index (χ3n) is 3.92. The van der Waals surface area contributed by atoms with Crippen molar-refractivity contribution in [2.45, 2.75) is 39.3 Å². The highest BCUT2D eigenvalue weighted by Gasteiger charge is 2.14. The second-order valence-corrected chi connectivity index (χ2v) is 7.15. The summed E-state index contributed by atoms with van der Waals surface area (Å²) in [5.41, 5.74) is 2.09. The molecule has 0 aliphatic carbocycles. The molecule has 0 heterocycles. The summed E-state index contributed by atoms with van der Waals surface area (Å²) in [4.78, 5) is 0. The van der Waals surface area contributed by atoms with Crippen molar-refractivity contribution in [3.63, 3.8) is 0 Å². The molecule has 2 rings (SSSR count). The molecular weight excluding hydrogens is 402 g/mol. The van der Waals surface area contributed by atoms with Gasteiger partial charge in [0, 0.05) is 21.6 Å². The number of benzene rings is 2. The minimum absolute atomic E-state index is 0.441. The molecule has 25 heavy (non-hydrogen) atoms. The first kappa shape index (κ1) is 20.1. The van der Waals surface area contributed by atoms with Crippen LogP contribution in [0.5, 0.6) is 11.5 Å². The van der Waals surface area contributed by atoms with Gasteiger partial charge in [0.15, 0.2) is 11.5 Å². The lowest BCUT2D eigenvalue weighted by Gasteiger charge is -2.17. The monoisotopic (exact) mass is 425 g/mol. The number of hydrogen-bond acceptors (Lipinski definition) is 3. The van der Waals surface area contributed by atoms with E-state index in [1.807, 2.05) is 36.4 Å². The highest BCUT2D eigenvalue weighted by atomic mass is 79.9. The van der Waals surface area contributed by atoms with Crippen LogP contribution in [0.3, 0.4) is 0 Å². The van der Waals surface area contributed by atoms with Crippen molar-refractivity contribution in [3.8, 4) is 11.5 Å². The average molecular weight is 427 g/mol. The number of nitrogens with one attached hydrogen (secondary N) is 1. The second kappa shape index (κ2) is 10.7. The molecule has 2 aromatic carbocycles. The average Bonchev–Trinajstić information content (AvgIpc) is 2.61. The summed E-state index contributed by atoms with van der Waals surface area (Å²) in [5.74, 6) is 1.50. The lowest BCUT2D eigenvalue weighted by atomic mass is 10.1. The van der Waals surface area contributed by atoms with E-state index in [-0.39, 0.29) is 0 Å². The van der Waals surface area contributed by atoms with Crippen molar-refractivity contribution in [1.82, 2.24) is 5.32 Å². The predicted octanol–water partition coefficient (Wildman–Crippen LogP) is 5.97. The zero-order valence-electron chi connectivity index (χ0n) is 14.8. The predicted molar refractivity (Wildman–Crippen MR) is 108 cm³/mol. The van der Waals surface area contributed by atoms with E-state index in [0.717, 1.165) is 40.2 Å². The highest BCUT2D eigenvalue weighted by Crippen LogP contribution is 2.36. The SMILES string of the molecule is CCCCCNCc1c(Br)ccc(OC)c1OCc1cccc(Cl)c1. The van der Waals surface area contributed by atoms with Crippen LogP contribution in [0.2, 0.25) is 5.02 Å². The summed E-state index contributed by atoms with van der Waals surface area (Å²) in [6.07, 6.45) is 3.64. The molecule has 0 unspecified atom stereocenters. The zero-order chi connectivity index (χ0) is 18.1. The molecule has 3 nitrogen and oxygen atoms in total. The Morgan fingerprint density at radius 2 is 2.00 bits per heavy atom. The van der Waals surface area contributed by atoms with Crippen molar-refractivity contribution in [2.24, 2.45) is 0 Å². The van der Waals surface area contributed by atoms with Crippen LogP contribution in [0.1, 0.15) is 37.3 Å². The largest absolute Gasteiger partial charge is 0.493 e. The smallest absolute Gasteiger partial charge is 0.167 e. The molecule has 0 spiro atoms. The first-order chi connectivity index (χ1) is 12.2. The van der Waals surface area contributed by atoms with Gasteiger partial charge in [-0.15, -0.1) is 0 Å². The molecule has 0 fully saturated rings. The van der Waals surface area contributed by atoms with E-state index in [1.165, 1.54) is 19.3 Å². The third kappa shape index (κ3) is 6.21. The fourth-order valence-electron chi connectivity index (χ4n) is 2.56. The highest BCUT2D eigenvalue weighted by molar-refractivity contribution is 9.10. The number of halogens is 2. The summed E-state index contributed by atoms with van der Waals surface area (Å²) in [7, 11) is 1.66. The third-order valence-corrected chi connectivity index (χ3v) is 4.90. The van der Waals surface area contributed by atoms with Crippen LogP contribution >= 0.6 is 27.5 Å². The molecule has 0 atom stereocenters. The first-order valence-corrected chi connectivity index (χ1v) is 9.76. The Morgan fingerprint density at radius 1 is 1.16 bits per heavy atom. The lowest BCUT2D eigenvalue weighted by Crippen LogP contribution is -2.16. The van der Waals surface area contributed by atoms with E-state index in [4.69, 9.17) is 21.1 Å². The molecule has 0 aliphatic heterocycles. The number of rotatable bonds is 10. The van der Waals surface area contributed by atoms with Crippen molar-refractivity contribution < 1.29 is 9.47 Å². The summed E-state index contributed by atoms with van der Waals surface area (Å²) in [6, 6.07) is 11.6. The van der Waals surface area contributed by atoms with Gasteiger partial charge in [-0.3, -0.25) is 0 Å². The van der Waals surface area contributed by atoms with Gasteiger partial charge < -0.3 is 14.8 Å². The van der Waals surface area contributed by atoms with E-state index < -0.39 is 0 Å². The van der Waals surface area contributed by atoms with Crippen molar-refractivity contribution in [2.75, 3.05) is 13.7 Å². The second-order valence-electron chi connectivity index (χ2n) is 5.86. The maximum atomic E-state index is 6.11. The Kier molecular flexibility index (Phi) is 8.59. The number of ether oxygens (including phenoxy) is 2.